The van der Waals surface area contributed by atoms with E-state index in [2.05, 4.69) is 127 Å². The average molecular weight is 715 g/mol. The summed E-state index contributed by atoms with van der Waals surface area (Å²) in [7, 11) is 0. The predicted octanol–water partition coefficient (Wildman–Crippen LogP) is 5.97. The molecule has 8 rings (SSSR count). The first kappa shape index (κ1) is 40.2. The minimum atomic E-state index is 0. The fourth-order valence-electron chi connectivity index (χ4n) is 4.67. The molecule has 0 atom stereocenters. The van der Waals surface area contributed by atoms with Crippen molar-refractivity contribution in [3.63, 3.8) is 0 Å². The summed E-state index contributed by atoms with van der Waals surface area (Å²) < 4.78 is 0. The zero-order valence-corrected chi connectivity index (χ0v) is 28.8. The number of hydrogen-bond donors (Lipinski definition) is 0. The van der Waals surface area contributed by atoms with Crippen LogP contribution in [0.5, 0.6) is 0 Å². The molecule has 0 saturated heterocycles. The number of rotatable bonds is 2. The van der Waals surface area contributed by atoms with Crippen LogP contribution in [0, 0.1) is 18.2 Å². The average Bonchev–Trinajstić information content (AvgIpc) is 3.79. The minimum Gasteiger partial charge on any atom is -1.00 e. The summed E-state index contributed by atoms with van der Waals surface area (Å²) in [6.07, 6.45) is 10.0. The smallest absolute Gasteiger partial charge is 1.00 e. The zero-order valence-electron chi connectivity index (χ0n) is 24.8. The van der Waals surface area contributed by atoms with Crippen LogP contribution in [0.25, 0.3) is 43.8 Å². The Morgan fingerprint density at radius 1 is 0.478 bits per heavy atom. The maximum Gasteiger partial charge on any atom is 2.00 e. The molecule has 230 valence electrons. The predicted molar refractivity (Wildman–Crippen MR) is 187 cm³/mol. The molecule has 0 aliphatic heterocycles. The first-order valence-electron chi connectivity index (χ1n) is 14.2. The van der Waals surface area contributed by atoms with E-state index in [1.165, 1.54) is 43.8 Å². The van der Waals surface area contributed by atoms with Crippen LogP contribution < -0.4 is 24.8 Å². The molecule has 0 N–H and O–H groups in total. The molecule has 0 aromatic heterocycles. The van der Waals surface area contributed by atoms with Gasteiger partial charge in [0, 0.05) is 0 Å². The largest absolute Gasteiger partial charge is 2.00 e. The zero-order chi connectivity index (χ0) is 28.7. The number of allylic oxidation sites excluding steroid dienone is 4. The second-order valence-electron chi connectivity index (χ2n) is 9.64. The van der Waals surface area contributed by atoms with Gasteiger partial charge in [-0.15, -0.1) is 46.2 Å². The summed E-state index contributed by atoms with van der Waals surface area (Å²) in [5, 5.41) is 5.27. The summed E-state index contributed by atoms with van der Waals surface area (Å²) in [6, 6.07) is 62.0. The van der Waals surface area contributed by atoms with Gasteiger partial charge >= 0.3 is 26.2 Å². The van der Waals surface area contributed by atoms with Gasteiger partial charge in [-0.1, -0.05) is 103 Å². The van der Waals surface area contributed by atoms with Crippen molar-refractivity contribution in [3.8, 4) is 22.3 Å². The van der Waals surface area contributed by atoms with E-state index in [-0.39, 0.29) is 58.4 Å². The number of halogens is 2. The van der Waals surface area contributed by atoms with Gasteiger partial charge in [0.1, 0.15) is 0 Å². The van der Waals surface area contributed by atoms with Gasteiger partial charge in [0.2, 0.25) is 0 Å². The van der Waals surface area contributed by atoms with E-state index in [4.69, 9.17) is 0 Å². The van der Waals surface area contributed by atoms with Crippen LogP contribution in [0.4, 0.5) is 0 Å². The third-order valence-electron chi connectivity index (χ3n) is 6.72. The SMILES string of the molecule is C.[C-]1=CC=CC1.[Cl-].[Cl-].[Zr+2].[c-]1ccccc1.[c-]1ccccc1.c1ccc(-c2ccc3c(c2)[cH-]c2cc(-c4ccccc4)ccc23)cc1. The molecule has 0 amide bonds. The van der Waals surface area contributed by atoms with Gasteiger partial charge in [-0.3, -0.25) is 6.08 Å². The number of fused-ring (bicyclic) bond motifs is 3. The molecule has 0 radical (unpaired) electrons. The maximum atomic E-state index is 2.99. The molecule has 0 fully saturated rings. The topological polar surface area (TPSA) is 0 Å². The van der Waals surface area contributed by atoms with Gasteiger partial charge in [-0.2, -0.15) is 78.9 Å². The van der Waals surface area contributed by atoms with Crippen LogP contribution in [-0.4, -0.2) is 0 Å². The van der Waals surface area contributed by atoms with E-state index in [0.717, 1.165) is 6.42 Å². The Labute approximate surface area is 306 Å². The van der Waals surface area contributed by atoms with Crippen molar-refractivity contribution in [2.75, 3.05) is 0 Å². The molecule has 7 aromatic carbocycles. The Morgan fingerprint density at radius 3 is 1.17 bits per heavy atom. The molecule has 0 unspecified atom stereocenters. The van der Waals surface area contributed by atoms with Crippen molar-refractivity contribution in [1.29, 1.82) is 0 Å². The molecule has 46 heavy (non-hydrogen) atoms. The van der Waals surface area contributed by atoms with Crippen molar-refractivity contribution >= 4 is 21.5 Å². The van der Waals surface area contributed by atoms with E-state index in [1.54, 1.807) is 0 Å². The van der Waals surface area contributed by atoms with Crippen molar-refractivity contribution in [2.45, 2.75) is 13.8 Å². The van der Waals surface area contributed by atoms with Crippen LogP contribution in [0.15, 0.2) is 182 Å². The summed E-state index contributed by atoms with van der Waals surface area (Å²) in [6.45, 7) is 0. The van der Waals surface area contributed by atoms with Crippen molar-refractivity contribution in [2.24, 2.45) is 0 Å². The first-order valence-corrected chi connectivity index (χ1v) is 14.2. The monoisotopic (exact) mass is 712 g/mol. The van der Waals surface area contributed by atoms with Gasteiger partial charge < -0.3 is 24.8 Å². The summed E-state index contributed by atoms with van der Waals surface area (Å²) >= 11 is 0. The molecule has 0 heterocycles. The van der Waals surface area contributed by atoms with E-state index in [9.17, 15) is 0 Å². The number of benzene rings is 6. The summed E-state index contributed by atoms with van der Waals surface area (Å²) in [5.41, 5.74) is 5.07. The van der Waals surface area contributed by atoms with Crippen LogP contribution in [0.3, 0.4) is 0 Å². The molecule has 7 aromatic rings. The third kappa shape index (κ3) is 12.1. The Morgan fingerprint density at radius 2 is 0.891 bits per heavy atom. The van der Waals surface area contributed by atoms with Gasteiger partial charge in [-0.05, 0) is 11.1 Å². The second-order valence-corrected chi connectivity index (χ2v) is 9.64. The van der Waals surface area contributed by atoms with Crippen molar-refractivity contribution in [1.82, 2.24) is 0 Å². The fourth-order valence-corrected chi connectivity index (χ4v) is 4.67. The Kier molecular flexibility index (Phi) is 19.7. The van der Waals surface area contributed by atoms with E-state index >= 15 is 0 Å². The number of hydrogen-bond acceptors (Lipinski definition) is 0. The summed E-state index contributed by atoms with van der Waals surface area (Å²) in [5.74, 6) is 0. The van der Waals surface area contributed by atoms with Crippen LogP contribution >= 0.6 is 0 Å². The van der Waals surface area contributed by atoms with Gasteiger partial charge in [0.05, 0.1) is 0 Å². The second kappa shape index (κ2) is 22.6. The Balaban J connectivity index is 0.000000415. The fraction of sp³-hybridized carbons (Fsp3) is 0.0465. The normalized spacial score (nSPS) is 10.1. The van der Waals surface area contributed by atoms with Crippen LogP contribution in [0.2, 0.25) is 0 Å². The molecule has 0 saturated carbocycles. The molecule has 1 aliphatic carbocycles. The van der Waals surface area contributed by atoms with Gasteiger partial charge in [-0.25, -0.2) is 12.2 Å². The standard InChI is InChI=1S/C25H17.2C6H5.C5H5.CH4.2ClH.Zr/c1-3-7-18(8-4-1)20-11-13-24-22(15-20)17-23-16-21(12-14-25(23)24)19-9-5-2-6-10-19;2*1-2-4-6-5-3-1;1-2-4-5-3-1;;;;/h1-17H;2*1-5H;1-3H,4H2;1H4;2*1H;/q4*-1;;;;+2/p-2. The van der Waals surface area contributed by atoms with Crippen molar-refractivity contribution < 1.29 is 51.0 Å². The van der Waals surface area contributed by atoms with Gasteiger partial charge in [0.15, 0.2) is 0 Å². The Bertz CT molecular complexity index is 1640. The molecule has 1 aliphatic rings. The molecule has 0 bridgehead atoms. The first-order chi connectivity index (χ1) is 20.9. The van der Waals surface area contributed by atoms with E-state index in [1.807, 2.05) is 72.8 Å². The van der Waals surface area contributed by atoms with E-state index in [0.29, 0.717) is 0 Å². The summed E-state index contributed by atoms with van der Waals surface area (Å²) in [4.78, 5) is 0. The van der Waals surface area contributed by atoms with Gasteiger partial charge in [0.25, 0.3) is 0 Å². The van der Waals surface area contributed by atoms with Crippen LogP contribution in [-0.2, 0) is 26.2 Å². The molecule has 0 nitrogen and oxygen atoms in total. The quantitative estimate of drug-likeness (QED) is 0.194. The van der Waals surface area contributed by atoms with E-state index < -0.39 is 0 Å². The van der Waals surface area contributed by atoms with Crippen molar-refractivity contribution in [3.05, 3.63) is 200 Å². The van der Waals surface area contributed by atoms with Crippen LogP contribution in [0.1, 0.15) is 13.8 Å². The third-order valence-corrected chi connectivity index (χ3v) is 6.72. The Hall–Kier alpha value is -3.87. The molecule has 3 heteroatoms. The molecular formula is C43H36Cl2Zr-4. The minimum absolute atomic E-state index is 0. The molecule has 0 spiro atoms. The maximum absolute atomic E-state index is 2.99. The molecular weight excluding hydrogens is 679 g/mol.